The molecule has 1 amide bonds. The Labute approximate surface area is 92.5 Å². The first-order chi connectivity index (χ1) is 7.15. The number of carbonyl (C=O) groups is 2. The summed E-state index contributed by atoms with van der Waals surface area (Å²) in [6, 6.07) is 6.51. The number of aldehydes is 1. The number of nitrogens with one attached hydrogen (secondary N) is 1. The van der Waals surface area contributed by atoms with Gasteiger partial charge in [-0.3, -0.25) is 9.59 Å². The van der Waals surface area contributed by atoms with E-state index in [1.54, 1.807) is 24.3 Å². The predicted molar refractivity (Wildman–Crippen MR) is 60.9 cm³/mol. The van der Waals surface area contributed by atoms with Gasteiger partial charge in [0.2, 0.25) is 0 Å². The van der Waals surface area contributed by atoms with Crippen LogP contribution in [-0.2, 0) is 0 Å². The zero-order valence-corrected chi connectivity index (χ0v) is 8.71. The third kappa shape index (κ3) is 3.14. The molecule has 0 heterocycles. The van der Waals surface area contributed by atoms with Gasteiger partial charge in [-0.05, 0) is 6.07 Å². The van der Waals surface area contributed by atoms with Gasteiger partial charge in [0.15, 0.2) is 6.29 Å². The first kappa shape index (κ1) is 11.3. The summed E-state index contributed by atoms with van der Waals surface area (Å²) >= 11 is 4.62. The number of thiocarbonyl (C=S) groups is 1. The number of nitrogens with two attached hydrogens (primary N) is 1. The Hall–Kier alpha value is -1.75. The SMILES string of the molecule is NC(=S)CNC(=O)c1ccccc1C=O. The number of hydrogen-bond donors (Lipinski definition) is 2. The van der Waals surface area contributed by atoms with Crippen LogP contribution in [0.4, 0.5) is 0 Å². The lowest BCUT2D eigenvalue weighted by Gasteiger charge is -2.05. The van der Waals surface area contributed by atoms with E-state index in [0.717, 1.165) is 0 Å². The summed E-state index contributed by atoms with van der Waals surface area (Å²) in [4.78, 5) is 22.4. The molecule has 0 unspecified atom stereocenters. The van der Waals surface area contributed by atoms with E-state index in [1.807, 2.05) is 0 Å². The Morgan fingerprint density at radius 3 is 2.73 bits per heavy atom. The maximum Gasteiger partial charge on any atom is 0.252 e. The molecule has 78 valence electrons. The van der Waals surface area contributed by atoms with E-state index in [1.165, 1.54) is 0 Å². The molecule has 0 fully saturated rings. The van der Waals surface area contributed by atoms with Crippen LogP contribution in [0.15, 0.2) is 24.3 Å². The highest BCUT2D eigenvalue weighted by atomic mass is 32.1. The quantitative estimate of drug-likeness (QED) is 0.575. The normalized spacial score (nSPS) is 9.33. The predicted octanol–water partition coefficient (Wildman–Crippen LogP) is 0.515. The number of rotatable bonds is 4. The number of hydrogen-bond acceptors (Lipinski definition) is 3. The Balaban J connectivity index is 2.81. The smallest absolute Gasteiger partial charge is 0.252 e. The average Bonchev–Trinajstić information content (AvgIpc) is 2.25. The minimum atomic E-state index is -0.356. The fourth-order valence-electron chi connectivity index (χ4n) is 1.07. The molecular formula is C10H10N2O2S. The van der Waals surface area contributed by atoms with E-state index < -0.39 is 0 Å². The van der Waals surface area contributed by atoms with Crippen LogP contribution >= 0.6 is 12.2 Å². The minimum absolute atomic E-state index is 0.126. The summed E-state index contributed by atoms with van der Waals surface area (Å²) in [5.74, 6) is -0.356. The van der Waals surface area contributed by atoms with Crippen molar-refractivity contribution >= 4 is 29.4 Å². The molecule has 15 heavy (non-hydrogen) atoms. The van der Waals surface area contributed by atoms with Gasteiger partial charge in [0.1, 0.15) is 0 Å². The first-order valence-electron chi connectivity index (χ1n) is 4.26. The van der Waals surface area contributed by atoms with Crippen LogP contribution < -0.4 is 11.1 Å². The first-order valence-corrected chi connectivity index (χ1v) is 4.66. The van der Waals surface area contributed by atoms with Crippen molar-refractivity contribution in [2.24, 2.45) is 5.73 Å². The van der Waals surface area contributed by atoms with Gasteiger partial charge < -0.3 is 11.1 Å². The fraction of sp³-hybridized carbons (Fsp3) is 0.100. The Kier molecular flexibility index (Phi) is 3.93. The molecule has 5 heteroatoms. The van der Waals surface area contributed by atoms with Crippen molar-refractivity contribution in [3.8, 4) is 0 Å². The van der Waals surface area contributed by atoms with E-state index in [-0.39, 0.29) is 17.4 Å². The van der Waals surface area contributed by atoms with Gasteiger partial charge >= 0.3 is 0 Å². The summed E-state index contributed by atoms with van der Waals surface area (Å²) < 4.78 is 0. The topological polar surface area (TPSA) is 72.2 Å². The van der Waals surface area contributed by atoms with Crippen molar-refractivity contribution in [3.63, 3.8) is 0 Å². The molecule has 0 saturated heterocycles. The highest BCUT2D eigenvalue weighted by Gasteiger charge is 2.09. The van der Waals surface area contributed by atoms with Gasteiger partial charge in [-0.25, -0.2) is 0 Å². The van der Waals surface area contributed by atoms with Gasteiger partial charge in [-0.15, -0.1) is 0 Å². The maximum absolute atomic E-state index is 11.5. The molecule has 0 aliphatic carbocycles. The summed E-state index contributed by atoms with van der Waals surface area (Å²) in [5, 5.41) is 2.51. The van der Waals surface area contributed by atoms with Crippen LogP contribution in [0, 0.1) is 0 Å². The van der Waals surface area contributed by atoms with Crippen LogP contribution in [0.5, 0.6) is 0 Å². The zero-order valence-electron chi connectivity index (χ0n) is 7.90. The molecule has 0 radical (unpaired) electrons. The summed E-state index contributed by atoms with van der Waals surface area (Å²) in [6.45, 7) is 0.126. The van der Waals surface area contributed by atoms with E-state index in [4.69, 9.17) is 5.73 Å². The van der Waals surface area contributed by atoms with Crippen LogP contribution in [0.25, 0.3) is 0 Å². The van der Waals surface area contributed by atoms with Crippen LogP contribution in [0.3, 0.4) is 0 Å². The molecule has 4 nitrogen and oxygen atoms in total. The highest BCUT2D eigenvalue weighted by molar-refractivity contribution is 7.80. The van der Waals surface area contributed by atoms with Crippen LogP contribution in [-0.4, -0.2) is 23.7 Å². The number of benzene rings is 1. The lowest BCUT2D eigenvalue weighted by Crippen LogP contribution is -2.32. The summed E-state index contributed by atoms with van der Waals surface area (Å²) in [7, 11) is 0. The Bertz CT molecular complexity index is 404. The highest BCUT2D eigenvalue weighted by Crippen LogP contribution is 2.05. The second-order valence-electron chi connectivity index (χ2n) is 2.85. The second-order valence-corrected chi connectivity index (χ2v) is 3.38. The van der Waals surface area contributed by atoms with Crippen molar-refractivity contribution in [2.45, 2.75) is 0 Å². The van der Waals surface area contributed by atoms with Gasteiger partial charge in [-0.1, -0.05) is 30.4 Å². The standard InChI is InChI=1S/C10H10N2O2S/c11-9(15)5-12-10(14)8-4-2-1-3-7(8)6-13/h1-4,6H,5H2,(H2,11,15)(H,12,14). The van der Waals surface area contributed by atoms with Crippen molar-refractivity contribution < 1.29 is 9.59 Å². The third-order valence-corrected chi connectivity index (χ3v) is 1.90. The van der Waals surface area contributed by atoms with Crippen LogP contribution in [0.1, 0.15) is 20.7 Å². The largest absolute Gasteiger partial charge is 0.392 e. The molecule has 0 saturated carbocycles. The lowest BCUT2D eigenvalue weighted by molar-refractivity contribution is 0.0953. The van der Waals surface area contributed by atoms with Crippen molar-refractivity contribution in [1.82, 2.24) is 5.32 Å². The monoisotopic (exact) mass is 222 g/mol. The summed E-state index contributed by atoms with van der Waals surface area (Å²) in [5.41, 5.74) is 5.90. The van der Waals surface area contributed by atoms with Gasteiger partial charge in [-0.2, -0.15) is 0 Å². The van der Waals surface area contributed by atoms with E-state index in [0.29, 0.717) is 17.4 Å². The van der Waals surface area contributed by atoms with E-state index in [2.05, 4.69) is 17.5 Å². The minimum Gasteiger partial charge on any atom is -0.392 e. The molecule has 0 spiro atoms. The molecule has 1 rings (SSSR count). The molecule has 3 N–H and O–H groups in total. The number of amides is 1. The molecule has 0 atom stereocenters. The van der Waals surface area contributed by atoms with Gasteiger partial charge in [0.05, 0.1) is 11.5 Å². The van der Waals surface area contributed by atoms with Crippen molar-refractivity contribution in [3.05, 3.63) is 35.4 Å². The third-order valence-electron chi connectivity index (χ3n) is 1.76. The van der Waals surface area contributed by atoms with E-state index >= 15 is 0 Å². The summed E-state index contributed by atoms with van der Waals surface area (Å²) in [6.07, 6.45) is 0.635. The molecule has 1 aromatic carbocycles. The van der Waals surface area contributed by atoms with Crippen LogP contribution in [0.2, 0.25) is 0 Å². The second kappa shape index (κ2) is 5.21. The van der Waals surface area contributed by atoms with E-state index in [9.17, 15) is 9.59 Å². The van der Waals surface area contributed by atoms with Crippen molar-refractivity contribution in [1.29, 1.82) is 0 Å². The fourth-order valence-corrected chi connectivity index (χ4v) is 1.14. The van der Waals surface area contributed by atoms with Gasteiger partial charge in [0.25, 0.3) is 5.91 Å². The number of carbonyl (C=O) groups excluding carboxylic acids is 2. The molecular weight excluding hydrogens is 212 g/mol. The average molecular weight is 222 g/mol. The maximum atomic E-state index is 11.5. The van der Waals surface area contributed by atoms with Gasteiger partial charge in [0, 0.05) is 11.1 Å². The molecule has 1 aromatic rings. The Morgan fingerprint density at radius 2 is 2.13 bits per heavy atom. The molecule has 0 aliphatic rings. The lowest BCUT2D eigenvalue weighted by atomic mass is 10.1. The molecule has 0 aliphatic heterocycles. The molecule has 0 bridgehead atoms. The molecule has 0 aromatic heterocycles. The van der Waals surface area contributed by atoms with Crippen molar-refractivity contribution in [2.75, 3.05) is 6.54 Å². The Morgan fingerprint density at radius 1 is 1.47 bits per heavy atom. The zero-order chi connectivity index (χ0) is 11.3.